The molecule has 0 saturated carbocycles. The van der Waals surface area contributed by atoms with E-state index in [-0.39, 0.29) is 5.76 Å². The Bertz CT molecular complexity index is 739. The highest BCUT2D eigenvalue weighted by Gasteiger charge is 2.05. The molecule has 0 heterocycles. The SMILES string of the molecule is C=C(O)/C=C(F)\C(=C/C)CCc1ccc(CCc2ccccc2)cc1. The van der Waals surface area contributed by atoms with Gasteiger partial charge in [0.15, 0.2) is 0 Å². The van der Waals surface area contributed by atoms with Gasteiger partial charge in [-0.3, -0.25) is 0 Å². The lowest BCUT2D eigenvalue weighted by Gasteiger charge is -2.07. The molecule has 2 heteroatoms. The second-order valence-electron chi connectivity index (χ2n) is 6.10. The van der Waals surface area contributed by atoms with Crippen molar-refractivity contribution in [3.05, 3.63) is 107 Å². The lowest BCUT2D eigenvalue weighted by Crippen LogP contribution is -1.94. The molecular formula is C23H25FO. The number of aryl methyl sites for hydroxylation is 3. The number of rotatable bonds is 8. The molecular weight excluding hydrogens is 311 g/mol. The van der Waals surface area contributed by atoms with Gasteiger partial charge in [0.25, 0.3) is 0 Å². The molecule has 0 saturated heterocycles. The summed E-state index contributed by atoms with van der Waals surface area (Å²) in [7, 11) is 0. The van der Waals surface area contributed by atoms with Gasteiger partial charge in [-0.15, -0.1) is 0 Å². The number of aliphatic hydroxyl groups excluding tert-OH is 1. The van der Waals surface area contributed by atoms with Gasteiger partial charge >= 0.3 is 0 Å². The van der Waals surface area contributed by atoms with Crippen LogP contribution in [0.2, 0.25) is 0 Å². The Hall–Kier alpha value is -2.61. The van der Waals surface area contributed by atoms with Gasteiger partial charge in [-0.05, 0) is 54.9 Å². The zero-order chi connectivity index (χ0) is 18.1. The molecule has 0 unspecified atom stereocenters. The lowest BCUT2D eigenvalue weighted by molar-refractivity contribution is 0.431. The van der Waals surface area contributed by atoms with Crippen LogP contribution in [-0.4, -0.2) is 5.11 Å². The summed E-state index contributed by atoms with van der Waals surface area (Å²) in [5, 5.41) is 9.08. The monoisotopic (exact) mass is 336 g/mol. The summed E-state index contributed by atoms with van der Waals surface area (Å²) >= 11 is 0. The molecule has 2 aromatic rings. The Kier molecular flexibility index (Phi) is 7.21. The van der Waals surface area contributed by atoms with Gasteiger partial charge < -0.3 is 5.11 Å². The highest BCUT2D eigenvalue weighted by Crippen LogP contribution is 2.20. The molecule has 2 aromatic carbocycles. The van der Waals surface area contributed by atoms with Crippen molar-refractivity contribution >= 4 is 0 Å². The molecule has 0 amide bonds. The van der Waals surface area contributed by atoms with Crippen LogP contribution in [0.4, 0.5) is 4.39 Å². The van der Waals surface area contributed by atoms with E-state index in [0.29, 0.717) is 12.0 Å². The van der Waals surface area contributed by atoms with E-state index in [9.17, 15) is 4.39 Å². The number of hydrogen-bond donors (Lipinski definition) is 1. The summed E-state index contributed by atoms with van der Waals surface area (Å²) in [5.74, 6) is -0.686. The molecule has 1 nitrogen and oxygen atoms in total. The van der Waals surface area contributed by atoms with Gasteiger partial charge in [0, 0.05) is 6.08 Å². The fourth-order valence-corrected chi connectivity index (χ4v) is 2.73. The maximum Gasteiger partial charge on any atom is 0.129 e. The van der Waals surface area contributed by atoms with Crippen LogP contribution in [-0.2, 0) is 19.3 Å². The van der Waals surface area contributed by atoms with Crippen molar-refractivity contribution in [2.75, 3.05) is 0 Å². The van der Waals surface area contributed by atoms with E-state index in [4.69, 9.17) is 5.11 Å². The van der Waals surface area contributed by atoms with Crippen LogP contribution < -0.4 is 0 Å². The molecule has 0 fully saturated rings. The first-order valence-electron chi connectivity index (χ1n) is 8.61. The largest absolute Gasteiger partial charge is 0.508 e. The molecule has 0 bridgehead atoms. The minimum Gasteiger partial charge on any atom is -0.508 e. The molecule has 130 valence electrons. The van der Waals surface area contributed by atoms with Gasteiger partial charge in [-0.2, -0.15) is 0 Å². The molecule has 0 radical (unpaired) electrons. The van der Waals surface area contributed by atoms with Crippen molar-refractivity contribution < 1.29 is 9.50 Å². The zero-order valence-electron chi connectivity index (χ0n) is 14.7. The first-order chi connectivity index (χ1) is 12.1. The fourth-order valence-electron chi connectivity index (χ4n) is 2.73. The number of halogens is 1. The highest BCUT2D eigenvalue weighted by molar-refractivity contribution is 5.31. The quantitative estimate of drug-likeness (QED) is 0.444. The van der Waals surface area contributed by atoms with Gasteiger partial charge in [0.1, 0.15) is 11.6 Å². The summed E-state index contributed by atoms with van der Waals surface area (Å²) in [5.41, 5.74) is 4.42. The minimum atomic E-state index is -0.422. The third kappa shape index (κ3) is 6.42. The van der Waals surface area contributed by atoms with Crippen molar-refractivity contribution in [1.82, 2.24) is 0 Å². The standard InChI is InChI=1S/C23H25FO/c1-3-22(23(24)17-18(2)25)16-15-21-13-11-20(12-14-21)10-9-19-7-5-4-6-8-19/h3-8,11-14,17,25H,2,9-10,15-16H2,1H3/b22-3-,23-17+. The van der Waals surface area contributed by atoms with Crippen molar-refractivity contribution in [2.24, 2.45) is 0 Å². The second kappa shape index (κ2) is 9.63. The van der Waals surface area contributed by atoms with Crippen LogP contribution in [0.1, 0.15) is 30.0 Å². The average molecular weight is 336 g/mol. The number of aliphatic hydroxyl groups is 1. The molecule has 0 aromatic heterocycles. The maximum atomic E-state index is 13.9. The van der Waals surface area contributed by atoms with E-state index in [0.717, 1.165) is 25.3 Å². The van der Waals surface area contributed by atoms with Crippen molar-refractivity contribution in [3.8, 4) is 0 Å². The molecule has 0 spiro atoms. The van der Waals surface area contributed by atoms with Gasteiger partial charge in [0.05, 0.1) is 0 Å². The van der Waals surface area contributed by atoms with Crippen LogP contribution in [0.25, 0.3) is 0 Å². The molecule has 1 N–H and O–H groups in total. The predicted molar refractivity (Wildman–Crippen MR) is 103 cm³/mol. The second-order valence-corrected chi connectivity index (χ2v) is 6.10. The Morgan fingerprint density at radius 2 is 1.44 bits per heavy atom. The van der Waals surface area contributed by atoms with E-state index < -0.39 is 5.83 Å². The summed E-state index contributed by atoms with van der Waals surface area (Å²) in [6.45, 7) is 5.09. The zero-order valence-corrected chi connectivity index (χ0v) is 14.7. The number of benzene rings is 2. The minimum absolute atomic E-state index is 0.264. The van der Waals surface area contributed by atoms with Crippen molar-refractivity contribution in [1.29, 1.82) is 0 Å². The van der Waals surface area contributed by atoms with Gasteiger partial charge in [0.2, 0.25) is 0 Å². The Labute approximate surface area is 149 Å². The molecule has 0 aliphatic heterocycles. The van der Waals surface area contributed by atoms with E-state index >= 15 is 0 Å². The molecule has 0 aliphatic rings. The average Bonchev–Trinajstić information content (AvgIpc) is 2.62. The van der Waals surface area contributed by atoms with Gasteiger partial charge in [-0.1, -0.05) is 67.3 Å². The first-order valence-corrected chi connectivity index (χ1v) is 8.61. The molecule has 0 aliphatic carbocycles. The molecule has 2 rings (SSSR count). The van der Waals surface area contributed by atoms with E-state index in [2.05, 4.69) is 55.1 Å². The van der Waals surface area contributed by atoms with E-state index in [1.54, 1.807) is 13.0 Å². The number of hydrogen-bond acceptors (Lipinski definition) is 1. The topological polar surface area (TPSA) is 20.2 Å². The van der Waals surface area contributed by atoms with E-state index in [1.165, 1.54) is 16.7 Å². The maximum absolute atomic E-state index is 13.9. The van der Waals surface area contributed by atoms with Crippen LogP contribution in [0.3, 0.4) is 0 Å². The van der Waals surface area contributed by atoms with Crippen LogP contribution in [0, 0.1) is 0 Å². The third-order valence-electron chi connectivity index (χ3n) is 4.20. The van der Waals surface area contributed by atoms with Gasteiger partial charge in [-0.25, -0.2) is 4.39 Å². The predicted octanol–water partition coefficient (Wildman–Crippen LogP) is 6.28. The summed E-state index contributed by atoms with van der Waals surface area (Å²) in [4.78, 5) is 0. The smallest absolute Gasteiger partial charge is 0.129 e. The van der Waals surface area contributed by atoms with Crippen LogP contribution in [0.5, 0.6) is 0 Å². The Morgan fingerprint density at radius 1 is 0.920 bits per heavy atom. The molecule has 0 atom stereocenters. The van der Waals surface area contributed by atoms with Crippen LogP contribution in [0.15, 0.2) is 90.5 Å². The molecule has 25 heavy (non-hydrogen) atoms. The Morgan fingerprint density at radius 3 is 1.96 bits per heavy atom. The summed E-state index contributed by atoms with van der Waals surface area (Å²) in [6, 6.07) is 19.0. The van der Waals surface area contributed by atoms with Crippen LogP contribution >= 0.6 is 0 Å². The fraction of sp³-hybridized carbons (Fsp3) is 0.217. The van der Waals surface area contributed by atoms with Crippen molar-refractivity contribution in [2.45, 2.75) is 32.6 Å². The number of allylic oxidation sites excluding steroid dienone is 4. The summed E-state index contributed by atoms with van der Waals surface area (Å²) < 4.78 is 13.9. The lowest BCUT2D eigenvalue weighted by atomic mass is 10.00. The highest BCUT2D eigenvalue weighted by atomic mass is 19.1. The van der Waals surface area contributed by atoms with Crippen molar-refractivity contribution in [3.63, 3.8) is 0 Å². The normalized spacial score (nSPS) is 12.2. The third-order valence-corrected chi connectivity index (χ3v) is 4.20. The van der Waals surface area contributed by atoms with E-state index in [1.807, 2.05) is 6.07 Å². The summed E-state index contributed by atoms with van der Waals surface area (Å²) in [6.07, 6.45) is 6.20. The Balaban J connectivity index is 1.88. The first kappa shape index (κ1) is 18.7.